The molecule has 39 heavy (non-hydrogen) atoms. The van der Waals surface area contributed by atoms with E-state index >= 15 is 0 Å². The molecule has 0 radical (unpaired) electrons. The maximum atomic E-state index is 13.1. The zero-order valence-electron chi connectivity index (χ0n) is 21.2. The third kappa shape index (κ3) is 5.46. The normalized spacial score (nSPS) is 13.5. The number of rotatable bonds is 8. The highest BCUT2D eigenvalue weighted by Gasteiger charge is 2.32. The fraction of sp³-hybridized carbons (Fsp3) is 0.200. The number of hydrogen-bond acceptors (Lipinski definition) is 11. The van der Waals surface area contributed by atoms with Crippen LogP contribution in [-0.2, 0) is 19.7 Å². The van der Waals surface area contributed by atoms with Crippen molar-refractivity contribution in [1.29, 1.82) is 0 Å². The number of hydrogen-bond donors (Lipinski definition) is 0. The van der Waals surface area contributed by atoms with Crippen molar-refractivity contribution in [3.05, 3.63) is 84.7 Å². The molecule has 2 aromatic carbocycles. The van der Waals surface area contributed by atoms with Gasteiger partial charge in [0.1, 0.15) is 17.5 Å². The van der Waals surface area contributed by atoms with Crippen molar-refractivity contribution in [2.45, 2.75) is 16.0 Å². The maximum Gasteiger partial charge on any atom is 0.358 e. The van der Waals surface area contributed by atoms with E-state index in [1.165, 1.54) is 38.3 Å². The topological polar surface area (TPSA) is 112 Å². The standard InChI is InChI=1S/C25H24N6O5S3/c1-29(2)39(32,33)31-14-13-27-22(31)21(36-25(37)35-18-7-5-4-6-8-18)17-9-10-20-19(15-17)30(16-34-3)23-24(38-20)28-12-11-26-23/h4-15,21H,16H2,1-3H3. The predicted octanol–water partition coefficient (Wildman–Crippen LogP) is 4.00. The summed E-state index contributed by atoms with van der Waals surface area (Å²) in [6.07, 6.45) is 4.97. The van der Waals surface area contributed by atoms with Gasteiger partial charge in [0.15, 0.2) is 17.7 Å². The molecule has 0 amide bonds. The minimum absolute atomic E-state index is 0.101. The fourth-order valence-electron chi connectivity index (χ4n) is 3.88. The first-order valence-electron chi connectivity index (χ1n) is 11.6. The van der Waals surface area contributed by atoms with E-state index in [1.54, 1.807) is 43.8 Å². The van der Waals surface area contributed by atoms with E-state index in [0.29, 0.717) is 17.1 Å². The van der Waals surface area contributed by atoms with Crippen LogP contribution in [-0.4, -0.2) is 64.8 Å². The fourth-order valence-corrected chi connectivity index (χ4v) is 6.00. The molecule has 5 rings (SSSR count). The van der Waals surface area contributed by atoms with Gasteiger partial charge in [-0.05, 0) is 24.3 Å². The highest BCUT2D eigenvalue weighted by molar-refractivity contribution is 7.99. The Bertz CT molecular complexity index is 1600. The van der Waals surface area contributed by atoms with Gasteiger partial charge in [-0.15, -0.1) is 0 Å². The molecule has 0 fully saturated rings. The molecule has 3 heterocycles. The Morgan fingerprint density at radius 3 is 2.59 bits per heavy atom. The van der Waals surface area contributed by atoms with Gasteiger partial charge in [0, 0.05) is 68.7 Å². The van der Waals surface area contributed by atoms with Crippen molar-refractivity contribution in [2.24, 2.45) is 0 Å². The van der Waals surface area contributed by atoms with Gasteiger partial charge in [-0.25, -0.2) is 18.9 Å². The number of thiocarbonyl (C=S) groups is 1. The summed E-state index contributed by atoms with van der Waals surface area (Å²) in [7, 11) is 0.554. The molecule has 1 unspecified atom stereocenters. The molecule has 202 valence electrons. The number of benzene rings is 2. The Morgan fingerprint density at radius 2 is 1.85 bits per heavy atom. The average Bonchev–Trinajstić information content (AvgIpc) is 3.43. The maximum absolute atomic E-state index is 13.1. The summed E-state index contributed by atoms with van der Waals surface area (Å²) in [6, 6.07) is 14.5. The third-order valence-electron chi connectivity index (χ3n) is 5.68. The van der Waals surface area contributed by atoms with Crippen LogP contribution in [0.5, 0.6) is 5.75 Å². The van der Waals surface area contributed by atoms with Crippen LogP contribution in [0.3, 0.4) is 0 Å². The van der Waals surface area contributed by atoms with Gasteiger partial charge in [-0.1, -0.05) is 36.0 Å². The van der Waals surface area contributed by atoms with Gasteiger partial charge in [0.2, 0.25) is 0 Å². The lowest BCUT2D eigenvalue weighted by molar-refractivity contribution is 0.182. The van der Waals surface area contributed by atoms with Crippen molar-refractivity contribution >= 4 is 50.9 Å². The molecule has 0 saturated carbocycles. The SMILES string of the molecule is COCN1c2cc(C(OC(=S)Oc3ccccc3)c3nccn3S(=O)(=O)N(C)C)ccc2Sc2nccnc21. The van der Waals surface area contributed by atoms with Gasteiger partial charge in [0.25, 0.3) is 0 Å². The molecule has 0 bridgehead atoms. The van der Waals surface area contributed by atoms with E-state index < -0.39 is 16.3 Å². The number of aromatic nitrogens is 4. The third-order valence-corrected chi connectivity index (χ3v) is 8.64. The minimum atomic E-state index is -3.92. The summed E-state index contributed by atoms with van der Waals surface area (Å²) in [6.45, 7) is 0.216. The van der Waals surface area contributed by atoms with Crippen molar-refractivity contribution in [3.63, 3.8) is 0 Å². The molecule has 11 nitrogen and oxygen atoms in total. The van der Waals surface area contributed by atoms with Gasteiger partial charge in [-0.2, -0.15) is 12.7 Å². The van der Waals surface area contributed by atoms with Gasteiger partial charge < -0.3 is 14.2 Å². The van der Waals surface area contributed by atoms with E-state index in [1.807, 2.05) is 29.2 Å². The second kappa shape index (κ2) is 11.3. The van der Waals surface area contributed by atoms with Crippen molar-refractivity contribution < 1.29 is 22.6 Å². The first-order valence-corrected chi connectivity index (χ1v) is 14.2. The molecule has 1 aliphatic rings. The smallest absolute Gasteiger partial charge is 0.358 e. The van der Waals surface area contributed by atoms with Gasteiger partial charge in [-0.3, -0.25) is 4.90 Å². The zero-order valence-corrected chi connectivity index (χ0v) is 23.6. The lowest BCUT2D eigenvalue weighted by atomic mass is 10.1. The van der Waals surface area contributed by atoms with Gasteiger partial charge in [0.05, 0.1) is 5.69 Å². The lowest BCUT2D eigenvalue weighted by Gasteiger charge is -2.31. The van der Waals surface area contributed by atoms with Crippen LogP contribution < -0.4 is 9.64 Å². The number of anilines is 2. The van der Waals surface area contributed by atoms with Crippen LogP contribution in [0.1, 0.15) is 17.5 Å². The number of nitrogens with zero attached hydrogens (tertiary/aromatic N) is 6. The van der Waals surface area contributed by atoms with E-state index in [0.717, 1.165) is 23.9 Å². The molecule has 0 spiro atoms. The van der Waals surface area contributed by atoms with Crippen molar-refractivity contribution in [2.75, 3.05) is 32.8 Å². The largest absolute Gasteiger partial charge is 0.440 e. The molecule has 0 saturated heterocycles. The summed E-state index contributed by atoms with van der Waals surface area (Å²) in [5, 5.41) is 0.549. The summed E-state index contributed by atoms with van der Waals surface area (Å²) < 4.78 is 45.7. The first kappa shape index (κ1) is 27.0. The van der Waals surface area contributed by atoms with Crippen LogP contribution in [0.2, 0.25) is 0 Å². The Labute approximate surface area is 235 Å². The molecule has 4 aromatic rings. The number of methoxy groups -OCH3 is 1. The van der Waals surface area contributed by atoms with Crippen LogP contribution in [0.4, 0.5) is 11.5 Å². The summed E-state index contributed by atoms with van der Waals surface area (Å²) in [5.41, 5.74) is 1.37. The monoisotopic (exact) mass is 584 g/mol. The summed E-state index contributed by atoms with van der Waals surface area (Å²) in [5.74, 6) is 1.23. The van der Waals surface area contributed by atoms with E-state index in [-0.39, 0.29) is 17.8 Å². The molecule has 0 aliphatic carbocycles. The van der Waals surface area contributed by atoms with Crippen LogP contribution in [0, 0.1) is 0 Å². The Balaban J connectivity index is 1.59. The molecular formula is C25H24N6O5S3. The Morgan fingerprint density at radius 1 is 1.08 bits per heavy atom. The quantitative estimate of drug-likeness (QED) is 0.280. The van der Waals surface area contributed by atoms with E-state index in [2.05, 4.69) is 15.0 Å². The number of imidazole rings is 1. The summed E-state index contributed by atoms with van der Waals surface area (Å²) >= 11 is 6.89. The molecule has 14 heteroatoms. The average molecular weight is 585 g/mol. The second-order valence-corrected chi connectivity index (χ2v) is 11.8. The lowest BCUT2D eigenvalue weighted by Crippen LogP contribution is -2.31. The first-order chi connectivity index (χ1) is 18.8. The summed E-state index contributed by atoms with van der Waals surface area (Å²) in [4.78, 5) is 16.1. The van der Waals surface area contributed by atoms with Crippen molar-refractivity contribution in [1.82, 2.24) is 23.2 Å². The van der Waals surface area contributed by atoms with E-state index in [9.17, 15) is 8.42 Å². The highest BCUT2D eigenvalue weighted by Crippen LogP contribution is 2.47. The zero-order chi connectivity index (χ0) is 27.6. The minimum Gasteiger partial charge on any atom is -0.440 e. The predicted molar refractivity (Wildman–Crippen MR) is 149 cm³/mol. The Hall–Kier alpha value is -3.56. The van der Waals surface area contributed by atoms with Gasteiger partial charge >= 0.3 is 15.4 Å². The number of ether oxygens (including phenoxy) is 3. The van der Waals surface area contributed by atoms with Crippen molar-refractivity contribution in [3.8, 4) is 5.75 Å². The molecule has 2 aromatic heterocycles. The highest BCUT2D eigenvalue weighted by atomic mass is 32.2. The van der Waals surface area contributed by atoms with Crippen LogP contribution >= 0.6 is 24.0 Å². The molecule has 1 atom stereocenters. The van der Waals surface area contributed by atoms with Crippen LogP contribution in [0.25, 0.3) is 0 Å². The number of fused-ring (bicyclic) bond motifs is 2. The molecular weight excluding hydrogens is 561 g/mol. The van der Waals surface area contributed by atoms with E-state index in [4.69, 9.17) is 26.4 Å². The number of para-hydroxylation sites is 1. The Kier molecular flexibility index (Phi) is 7.81. The molecule has 1 aliphatic heterocycles. The molecule has 0 N–H and O–H groups in total. The van der Waals surface area contributed by atoms with Crippen LogP contribution in [0.15, 0.2) is 83.2 Å². The second-order valence-electron chi connectivity index (χ2n) is 8.39.